The van der Waals surface area contributed by atoms with Crippen LogP contribution in [0.2, 0.25) is 5.02 Å². The minimum atomic E-state index is 0.106. The van der Waals surface area contributed by atoms with Crippen molar-refractivity contribution in [1.82, 2.24) is 10.2 Å². The lowest BCUT2D eigenvalue weighted by Crippen LogP contribution is -2.48. The molecule has 0 saturated carbocycles. The highest BCUT2D eigenvalue weighted by molar-refractivity contribution is 6.30. The molecule has 1 fully saturated rings. The summed E-state index contributed by atoms with van der Waals surface area (Å²) >= 11 is 5.87. The van der Waals surface area contributed by atoms with Crippen molar-refractivity contribution in [3.05, 3.63) is 34.9 Å². The van der Waals surface area contributed by atoms with Gasteiger partial charge in [-0.15, -0.1) is 0 Å². The lowest BCUT2D eigenvalue weighted by atomic mass is 9.99. The predicted octanol–water partition coefficient (Wildman–Crippen LogP) is 3.43. The van der Waals surface area contributed by atoms with E-state index in [1.807, 2.05) is 43.0 Å². The first-order valence-corrected chi connectivity index (χ1v) is 9.23. The van der Waals surface area contributed by atoms with Crippen LogP contribution in [0.3, 0.4) is 0 Å². The van der Waals surface area contributed by atoms with E-state index in [-0.39, 0.29) is 23.8 Å². The van der Waals surface area contributed by atoms with Gasteiger partial charge in [-0.05, 0) is 43.4 Å². The number of carbonyl (C=O) groups excluding carboxylic acids is 2. The fourth-order valence-electron chi connectivity index (χ4n) is 3.14. The molecule has 0 radical (unpaired) electrons. The Balaban J connectivity index is 1.78. The van der Waals surface area contributed by atoms with E-state index >= 15 is 0 Å². The van der Waals surface area contributed by atoms with Crippen LogP contribution in [0.1, 0.15) is 45.1 Å². The van der Waals surface area contributed by atoms with Crippen LogP contribution in [0.5, 0.6) is 0 Å². The Hall–Kier alpha value is -1.55. The van der Waals surface area contributed by atoms with E-state index in [1.54, 1.807) is 0 Å². The van der Waals surface area contributed by atoms with Crippen LogP contribution in [0.25, 0.3) is 0 Å². The molecule has 0 aliphatic carbocycles. The van der Waals surface area contributed by atoms with Gasteiger partial charge in [0.1, 0.15) is 0 Å². The third-order valence-electron chi connectivity index (χ3n) is 4.82. The highest BCUT2D eigenvalue weighted by Crippen LogP contribution is 2.16. The topological polar surface area (TPSA) is 49.4 Å². The van der Waals surface area contributed by atoms with Crippen LogP contribution in [0.4, 0.5) is 0 Å². The van der Waals surface area contributed by atoms with Gasteiger partial charge in [0.05, 0.1) is 6.42 Å². The second-order valence-electron chi connectivity index (χ2n) is 6.48. The summed E-state index contributed by atoms with van der Waals surface area (Å²) in [6.07, 6.45) is 3.82. The molecular weight excluding hydrogens is 324 g/mol. The molecule has 2 amide bonds. The Bertz CT molecular complexity index is 547. The van der Waals surface area contributed by atoms with E-state index in [1.165, 1.54) is 0 Å². The monoisotopic (exact) mass is 350 g/mol. The third kappa shape index (κ3) is 5.23. The molecule has 1 heterocycles. The molecule has 1 aliphatic heterocycles. The highest BCUT2D eigenvalue weighted by atomic mass is 35.5. The van der Waals surface area contributed by atoms with Gasteiger partial charge in [0, 0.05) is 30.1 Å². The second-order valence-corrected chi connectivity index (χ2v) is 6.92. The fraction of sp³-hybridized carbons (Fsp3) is 0.579. The second kappa shape index (κ2) is 9.07. The molecule has 0 unspecified atom stereocenters. The summed E-state index contributed by atoms with van der Waals surface area (Å²) in [6.45, 7) is 5.51. The highest BCUT2D eigenvalue weighted by Gasteiger charge is 2.25. The number of benzene rings is 1. The molecule has 0 bridgehead atoms. The van der Waals surface area contributed by atoms with Crippen molar-refractivity contribution in [3.8, 4) is 0 Å². The molecule has 0 atom stereocenters. The minimum absolute atomic E-state index is 0.106. The van der Waals surface area contributed by atoms with Crippen molar-refractivity contribution < 1.29 is 9.59 Å². The number of nitrogens with zero attached hydrogens (tertiary/aromatic N) is 1. The summed E-state index contributed by atoms with van der Waals surface area (Å²) < 4.78 is 0. The van der Waals surface area contributed by atoms with Gasteiger partial charge < -0.3 is 10.2 Å². The molecular formula is C19H27ClN2O2. The summed E-state index contributed by atoms with van der Waals surface area (Å²) in [5.74, 6) is 0.405. The van der Waals surface area contributed by atoms with Crippen molar-refractivity contribution in [2.45, 2.75) is 52.0 Å². The first-order chi connectivity index (χ1) is 11.5. The molecule has 132 valence electrons. The number of halogens is 1. The number of hydrogen-bond donors (Lipinski definition) is 1. The van der Waals surface area contributed by atoms with Gasteiger partial charge in [-0.1, -0.05) is 37.6 Å². The SMILES string of the molecule is CCC(CC)C(=O)NC1CCN(C(=O)Cc2ccc(Cl)cc2)CC1. The van der Waals surface area contributed by atoms with Gasteiger partial charge in [-0.2, -0.15) is 0 Å². The van der Waals surface area contributed by atoms with E-state index in [0.29, 0.717) is 24.5 Å². The van der Waals surface area contributed by atoms with Crippen molar-refractivity contribution >= 4 is 23.4 Å². The Morgan fingerprint density at radius 2 is 1.75 bits per heavy atom. The predicted molar refractivity (Wildman–Crippen MR) is 97.0 cm³/mol. The average Bonchev–Trinajstić information content (AvgIpc) is 2.58. The Kier molecular flexibility index (Phi) is 7.10. The number of hydrogen-bond acceptors (Lipinski definition) is 2. The largest absolute Gasteiger partial charge is 0.353 e. The van der Waals surface area contributed by atoms with Crippen molar-refractivity contribution in [2.75, 3.05) is 13.1 Å². The van der Waals surface area contributed by atoms with Crippen molar-refractivity contribution in [3.63, 3.8) is 0 Å². The van der Waals surface area contributed by atoms with Crippen LogP contribution >= 0.6 is 11.6 Å². The Morgan fingerprint density at radius 3 is 2.29 bits per heavy atom. The number of nitrogens with one attached hydrogen (secondary N) is 1. The molecule has 0 aromatic heterocycles. The average molecular weight is 351 g/mol. The number of amides is 2. The maximum atomic E-state index is 12.4. The van der Waals surface area contributed by atoms with E-state index < -0.39 is 0 Å². The summed E-state index contributed by atoms with van der Waals surface area (Å²) in [5, 5.41) is 3.83. The number of likely N-dealkylation sites (tertiary alicyclic amines) is 1. The van der Waals surface area contributed by atoms with E-state index in [0.717, 1.165) is 31.2 Å². The summed E-state index contributed by atoms with van der Waals surface area (Å²) in [4.78, 5) is 26.4. The molecule has 1 saturated heterocycles. The van der Waals surface area contributed by atoms with Crippen molar-refractivity contribution in [1.29, 1.82) is 0 Å². The molecule has 2 rings (SSSR count). The first kappa shape index (κ1) is 18.8. The molecule has 4 nitrogen and oxygen atoms in total. The molecule has 1 aromatic carbocycles. The van der Waals surface area contributed by atoms with Gasteiger partial charge in [-0.25, -0.2) is 0 Å². The molecule has 1 aliphatic rings. The number of piperidine rings is 1. The molecule has 1 aromatic rings. The van der Waals surface area contributed by atoms with Crippen molar-refractivity contribution in [2.24, 2.45) is 5.92 Å². The molecule has 24 heavy (non-hydrogen) atoms. The van der Waals surface area contributed by atoms with Crippen LogP contribution in [-0.2, 0) is 16.0 Å². The quantitative estimate of drug-likeness (QED) is 0.854. The lowest BCUT2D eigenvalue weighted by molar-refractivity contribution is -0.131. The van der Waals surface area contributed by atoms with Gasteiger partial charge in [0.25, 0.3) is 0 Å². The van der Waals surface area contributed by atoms with Crippen LogP contribution in [0.15, 0.2) is 24.3 Å². The normalized spacial score (nSPS) is 15.6. The Labute approximate surface area is 149 Å². The van der Waals surface area contributed by atoms with Crippen LogP contribution in [0, 0.1) is 5.92 Å². The molecule has 5 heteroatoms. The lowest BCUT2D eigenvalue weighted by Gasteiger charge is -2.33. The van der Waals surface area contributed by atoms with E-state index in [2.05, 4.69) is 5.32 Å². The molecule has 0 spiro atoms. The zero-order valence-corrected chi connectivity index (χ0v) is 15.3. The number of carbonyl (C=O) groups is 2. The van der Waals surface area contributed by atoms with E-state index in [9.17, 15) is 9.59 Å². The zero-order chi connectivity index (χ0) is 17.5. The van der Waals surface area contributed by atoms with Gasteiger partial charge >= 0.3 is 0 Å². The Morgan fingerprint density at radius 1 is 1.17 bits per heavy atom. The smallest absolute Gasteiger partial charge is 0.226 e. The maximum absolute atomic E-state index is 12.4. The summed E-state index contributed by atoms with van der Waals surface area (Å²) in [5.41, 5.74) is 0.980. The van der Waals surface area contributed by atoms with E-state index in [4.69, 9.17) is 11.6 Å². The summed E-state index contributed by atoms with van der Waals surface area (Å²) in [7, 11) is 0. The first-order valence-electron chi connectivity index (χ1n) is 8.86. The van der Waals surface area contributed by atoms with Gasteiger partial charge in [0.15, 0.2) is 0 Å². The standard InChI is InChI=1S/C19H27ClN2O2/c1-3-15(4-2)19(24)21-17-9-11-22(12-10-17)18(23)13-14-5-7-16(20)8-6-14/h5-8,15,17H,3-4,9-13H2,1-2H3,(H,21,24). The maximum Gasteiger partial charge on any atom is 0.226 e. The van der Waals surface area contributed by atoms with Crippen LogP contribution < -0.4 is 5.32 Å². The zero-order valence-electron chi connectivity index (χ0n) is 14.6. The van der Waals surface area contributed by atoms with Crippen LogP contribution in [-0.4, -0.2) is 35.8 Å². The third-order valence-corrected chi connectivity index (χ3v) is 5.07. The fourth-order valence-corrected chi connectivity index (χ4v) is 3.27. The van der Waals surface area contributed by atoms with Gasteiger partial charge in [-0.3, -0.25) is 9.59 Å². The minimum Gasteiger partial charge on any atom is -0.353 e. The van der Waals surface area contributed by atoms with Gasteiger partial charge in [0.2, 0.25) is 11.8 Å². The number of rotatable bonds is 6. The summed E-state index contributed by atoms with van der Waals surface area (Å²) in [6, 6.07) is 7.59. The molecule has 1 N–H and O–H groups in total.